The normalized spacial score (nSPS) is 12.5. The quantitative estimate of drug-likeness (QED) is 0.353. The van der Waals surface area contributed by atoms with Crippen LogP contribution in [0.15, 0.2) is 54.6 Å². The molecule has 0 bridgehead atoms. The Hall–Kier alpha value is -3.98. The van der Waals surface area contributed by atoms with Crippen LogP contribution in [0.1, 0.15) is 26.3 Å². The number of nitrogens with zero attached hydrogens (tertiary/aromatic N) is 1. The summed E-state index contributed by atoms with van der Waals surface area (Å²) in [5.74, 6) is 1.91. The molecule has 0 atom stereocenters. The Bertz CT molecular complexity index is 1210. The van der Waals surface area contributed by atoms with Crippen LogP contribution in [0.3, 0.4) is 0 Å². The summed E-state index contributed by atoms with van der Waals surface area (Å²) in [4.78, 5) is 16.4. The fourth-order valence-corrected chi connectivity index (χ4v) is 3.78. The van der Waals surface area contributed by atoms with E-state index in [1.54, 1.807) is 7.11 Å². The summed E-state index contributed by atoms with van der Waals surface area (Å²) >= 11 is 0. The van der Waals surface area contributed by atoms with Crippen LogP contribution in [0.4, 0.5) is 16.2 Å². The van der Waals surface area contributed by atoms with Gasteiger partial charge in [-0.05, 0) is 62.7 Å². The number of carbonyl (C=O) groups is 1. The first-order valence-corrected chi connectivity index (χ1v) is 12.3. The first kappa shape index (κ1) is 26.1. The van der Waals surface area contributed by atoms with Crippen LogP contribution in [0.2, 0.25) is 0 Å². The number of anilines is 2. The number of hydrogen-bond donors (Lipinski definition) is 3. The van der Waals surface area contributed by atoms with Gasteiger partial charge in [-0.1, -0.05) is 18.2 Å². The molecule has 1 aromatic heterocycles. The maximum absolute atomic E-state index is 11.7. The molecule has 1 aliphatic heterocycles. The molecule has 4 rings (SSSR count). The van der Waals surface area contributed by atoms with E-state index >= 15 is 0 Å². The lowest BCUT2D eigenvalue weighted by Gasteiger charge is -2.21. The molecule has 0 saturated carbocycles. The van der Waals surface area contributed by atoms with Crippen molar-refractivity contribution >= 4 is 17.5 Å². The number of methoxy groups -OCH3 is 1. The van der Waals surface area contributed by atoms with Gasteiger partial charge in [0.05, 0.1) is 12.8 Å². The molecule has 9 heteroatoms. The Morgan fingerprint density at radius 2 is 1.78 bits per heavy atom. The maximum Gasteiger partial charge on any atom is 0.407 e. The molecule has 0 unspecified atom stereocenters. The molecule has 3 aromatic rings. The van der Waals surface area contributed by atoms with Crippen LogP contribution in [0.25, 0.3) is 11.3 Å². The summed E-state index contributed by atoms with van der Waals surface area (Å²) in [5, 5.41) is 9.42. The molecule has 0 saturated heterocycles. The molecule has 0 fully saturated rings. The second-order valence-electron chi connectivity index (χ2n) is 9.51. The van der Waals surface area contributed by atoms with Gasteiger partial charge in [0.25, 0.3) is 0 Å². The minimum Gasteiger partial charge on any atom is -0.486 e. The van der Waals surface area contributed by atoms with E-state index in [0.29, 0.717) is 44.5 Å². The number of ether oxygens (including phenoxy) is 4. The van der Waals surface area contributed by atoms with E-state index in [2.05, 4.69) is 16.0 Å². The average Bonchev–Trinajstić information content (AvgIpc) is 2.88. The Morgan fingerprint density at radius 3 is 2.54 bits per heavy atom. The van der Waals surface area contributed by atoms with Crippen molar-refractivity contribution in [3.8, 4) is 28.6 Å². The van der Waals surface area contributed by atoms with Gasteiger partial charge in [0.15, 0.2) is 11.5 Å². The first-order chi connectivity index (χ1) is 17.8. The van der Waals surface area contributed by atoms with E-state index in [-0.39, 0.29) is 0 Å². The molecule has 37 heavy (non-hydrogen) atoms. The zero-order chi connectivity index (χ0) is 26.3. The number of rotatable bonds is 9. The van der Waals surface area contributed by atoms with E-state index in [1.165, 1.54) is 0 Å². The fraction of sp³-hybridized carbons (Fsp3) is 0.357. The third-order valence-corrected chi connectivity index (χ3v) is 5.43. The zero-order valence-electron chi connectivity index (χ0n) is 21.7. The monoisotopic (exact) mass is 506 g/mol. The van der Waals surface area contributed by atoms with Crippen molar-refractivity contribution in [1.29, 1.82) is 0 Å². The first-order valence-electron chi connectivity index (χ1n) is 12.3. The van der Waals surface area contributed by atoms with Gasteiger partial charge in [0.2, 0.25) is 5.88 Å². The second-order valence-corrected chi connectivity index (χ2v) is 9.51. The molecule has 9 nitrogen and oxygen atoms in total. The highest BCUT2D eigenvalue weighted by molar-refractivity contribution is 5.75. The second kappa shape index (κ2) is 11.8. The van der Waals surface area contributed by atoms with Crippen molar-refractivity contribution < 1.29 is 23.7 Å². The fourth-order valence-electron chi connectivity index (χ4n) is 3.78. The summed E-state index contributed by atoms with van der Waals surface area (Å²) in [6.07, 6.45) is -0.409. The Balaban J connectivity index is 1.32. The molecule has 196 valence electrons. The molecule has 0 radical (unpaired) electrons. The number of aromatic nitrogens is 1. The molecule has 0 aliphatic carbocycles. The third-order valence-electron chi connectivity index (χ3n) is 5.43. The minimum absolute atomic E-state index is 0.409. The number of benzene rings is 2. The van der Waals surface area contributed by atoms with Gasteiger partial charge in [-0.3, -0.25) is 0 Å². The van der Waals surface area contributed by atoms with Gasteiger partial charge < -0.3 is 34.9 Å². The summed E-state index contributed by atoms with van der Waals surface area (Å²) in [7, 11) is 1.60. The van der Waals surface area contributed by atoms with Crippen LogP contribution in [0.5, 0.6) is 17.4 Å². The number of amides is 1. The van der Waals surface area contributed by atoms with Crippen LogP contribution in [0, 0.1) is 0 Å². The lowest BCUT2D eigenvalue weighted by Crippen LogP contribution is -2.36. The van der Waals surface area contributed by atoms with Crippen molar-refractivity contribution in [1.82, 2.24) is 15.6 Å². The molecule has 2 aromatic carbocycles. The number of para-hydroxylation sites is 1. The third kappa shape index (κ3) is 7.27. The van der Waals surface area contributed by atoms with Crippen LogP contribution >= 0.6 is 0 Å². The SMILES string of the molecule is COc1nc(-c2cccc3c2OCCO3)ccc1Nc1ccc(CNCCNC(=O)OC(C)(C)C)cc1. The number of pyridine rings is 1. The molecule has 3 N–H and O–H groups in total. The molecule has 0 spiro atoms. The highest BCUT2D eigenvalue weighted by Gasteiger charge is 2.19. The summed E-state index contributed by atoms with van der Waals surface area (Å²) in [6, 6.07) is 17.7. The van der Waals surface area contributed by atoms with Gasteiger partial charge in [-0.15, -0.1) is 0 Å². The molecule has 2 heterocycles. The van der Waals surface area contributed by atoms with Crippen molar-refractivity contribution in [3.63, 3.8) is 0 Å². The van der Waals surface area contributed by atoms with E-state index in [1.807, 2.05) is 75.4 Å². The number of nitrogens with one attached hydrogen (secondary N) is 3. The zero-order valence-corrected chi connectivity index (χ0v) is 21.7. The number of fused-ring (bicyclic) bond motifs is 1. The summed E-state index contributed by atoms with van der Waals surface area (Å²) < 4.78 is 22.3. The summed E-state index contributed by atoms with van der Waals surface area (Å²) in [5.41, 5.74) is 3.90. The predicted molar refractivity (Wildman–Crippen MR) is 143 cm³/mol. The highest BCUT2D eigenvalue weighted by atomic mass is 16.6. The Morgan fingerprint density at radius 1 is 1.00 bits per heavy atom. The van der Waals surface area contributed by atoms with E-state index in [9.17, 15) is 4.79 Å². The van der Waals surface area contributed by atoms with Gasteiger partial charge >= 0.3 is 6.09 Å². The van der Waals surface area contributed by atoms with Gasteiger partial charge in [0, 0.05) is 30.9 Å². The Kier molecular flexibility index (Phi) is 8.35. The average molecular weight is 507 g/mol. The van der Waals surface area contributed by atoms with Gasteiger partial charge in [-0.25, -0.2) is 9.78 Å². The molecular weight excluding hydrogens is 472 g/mol. The molecule has 1 amide bonds. The number of alkyl carbamates (subject to hydrolysis) is 1. The van der Waals surface area contributed by atoms with Crippen molar-refractivity contribution in [3.05, 3.63) is 60.2 Å². The molecular formula is C28H34N4O5. The number of hydrogen-bond acceptors (Lipinski definition) is 8. The standard InChI is InChI=1S/C28H34N4O5/c1-28(2,3)37-27(33)30-15-14-29-18-19-8-10-20(11-9-19)31-23-13-12-22(32-26(23)34-4)21-6-5-7-24-25(21)36-17-16-35-24/h5-13,29,31H,14-18H2,1-4H3,(H,30,33). The number of carbonyl (C=O) groups excluding carboxylic acids is 1. The van der Waals surface area contributed by atoms with Gasteiger partial charge in [-0.2, -0.15) is 0 Å². The highest BCUT2D eigenvalue weighted by Crippen LogP contribution is 2.40. The topological polar surface area (TPSA) is 103 Å². The van der Waals surface area contributed by atoms with Gasteiger partial charge in [0.1, 0.15) is 24.5 Å². The predicted octanol–water partition coefficient (Wildman–Crippen LogP) is 4.89. The van der Waals surface area contributed by atoms with Crippen LogP contribution < -0.4 is 30.2 Å². The van der Waals surface area contributed by atoms with E-state index in [0.717, 1.165) is 33.9 Å². The molecule has 1 aliphatic rings. The van der Waals surface area contributed by atoms with E-state index < -0.39 is 11.7 Å². The summed E-state index contributed by atoms with van der Waals surface area (Å²) in [6.45, 7) is 8.37. The lowest BCUT2D eigenvalue weighted by atomic mass is 10.1. The van der Waals surface area contributed by atoms with Crippen LogP contribution in [-0.4, -0.2) is 50.1 Å². The van der Waals surface area contributed by atoms with Crippen molar-refractivity contribution in [2.75, 3.05) is 38.7 Å². The van der Waals surface area contributed by atoms with Crippen LogP contribution in [-0.2, 0) is 11.3 Å². The largest absolute Gasteiger partial charge is 0.486 e. The van der Waals surface area contributed by atoms with Crippen molar-refractivity contribution in [2.24, 2.45) is 0 Å². The lowest BCUT2D eigenvalue weighted by molar-refractivity contribution is 0.0528. The Labute approximate surface area is 217 Å². The maximum atomic E-state index is 11.7. The van der Waals surface area contributed by atoms with E-state index in [4.69, 9.17) is 23.9 Å². The van der Waals surface area contributed by atoms with Crippen molar-refractivity contribution in [2.45, 2.75) is 32.9 Å². The smallest absolute Gasteiger partial charge is 0.407 e. The minimum atomic E-state index is -0.499.